The van der Waals surface area contributed by atoms with Crippen LogP contribution >= 0.6 is 46.1 Å². The van der Waals surface area contributed by atoms with Crippen LogP contribution in [0.1, 0.15) is 5.01 Å². The van der Waals surface area contributed by atoms with Gasteiger partial charge >= 0.3 is 0 Å². The number of aromatic nitrogens is 1. The number of hydrogen-bond acceptors (Lipinski definition) is 4. The Hall–Kier alpha value is -1.66. The average molecular weight is 400 g/mol. The Kier molecular flexibility index (Phi) is 5.06. The lowest BCUT2D eigenvalue weighted by Crippen LogP contribution is -2.24. The van der Waals surface area contributed by atoms with Gasteiger partial charge in [-0.2, -0.15) is 0 Å². The van der Waals surface area contributed by atoms with Crippen molar-refractivity contribution in [2.45, 2.75) is 6.42 Å². The molecule has 0 aliphatic carbocycles. The number of Topliss-reactive ketones (excluding diaryl/α,β-unsaturated/α-hetero) is 1. The fourth-order valence-corrected chi connectivity index (χ4v) is 3.58. The molecule has 1 heterocycles. The molecule has 122 valence electrons. The average Bonchev–Trinajstić information content (AvgIpc) is 2.94. The van der Waals surface area contributed by atoms with Crippen LogP contribution in [0.15, 0.2) is 36.4 Å². The van der Waals surface area contributed by atoms with E-state index in [1.807, 2.05) is 24.3 Å². The van der Waals surface area contributed by atoms with E-state index in [4.69, 9.17) is 34.8 Å². The van der Waals surface area contributed by atoms with Crippen LogP contribution in [-0.2, 0) is 16.0 Å². The molecule has 0 saturated heterocycles. The Balaban J connectivity index is 1.73. The predicted octanol–water partition coefficient (Wildman–Crippen LogP) is 5.01. The van der Waals surface area contributed by atoms with Crippen LogP contribution < -0.4 is 5.32 Å². The van der Waals surface area contributed by atoms with Gasteiger partial charge in [-0.05, 0) is 24.3 Å². The van der Waals surface area contributed by atoms with Crippen molar-refractivity contribution in [1.29, 1.82) is 0 Å². The van der Waals surface area contributed by atoms with Crippen LogP contribution in [0.25, 0.3) is 10.2 Å². The highest BCUT2D eigenvalue weighted by Crippen LogP contribution is 2.32. The zero-order chi connectivity index (χ0) is 17.3. The summed E-state index contributed by atoms with van der Waals surface area (Å²) in [6.07, 6.45) is -0.0792. The summed E-state index contributed by atoms with van der Waals surface area (Å²) in [6, 6.07) is 10.3. The van der Waals surface area contributed by atoms with Crippen molar-refractivity contribution in [2.24, 2.45) is 0 Å². The number of carbonyl (C=O) groups is 2. The van der Waals surface area contributed by atoms with E-state index in [2.05, 4.69) is 10.3 Å². The van der Waals surface area contributed by atoms with E-state index in [1.165, 1.54) is 23.5 Å². The second kappa shape index (κ2) is 7.07. The first kappa shape index (κ1) is 17.2. The quantitative estimate of drug-likeness (QED) is 0.496. The minimum absolute atomic E-state index is 0.0792. The Morgan fingerprint density at radius 2 is 1.75 bits per heavy atom. The lowest BCUT2D eigenvalue weighted by atomic mass is 10.2. The maximum absolute atomic E-state index is 12.1. The summed E-state index contributed by atoms with van der Waals surface area (Å²) in [4.78, 5) is 28.5. The molecular formula is C16H9Cl3N2O2S. The molecule has 0 spiro atoms. The summed E-state index contributed by atoms with van der Waals surface area (Å²) in [7, 11) is 0. The number of nitrogens with zero attached hydrogens (tertiary/aromatic N) is 1. The van der Waals surface area contributed by atoms with E-state index in [1.54, 1.807) is 0 Å². The summed E-state index contributed by atoms with van der Waals surface area (Å²) in [5.41, 5.74) is 1.03. The van der Waals surface area contributed by atoms with Crippen LogP contribution in [0.2, 0.25) is 15.1 Å². The molecule has 0 atom stereocenters. The number of amides is 1. The Morgan fingerprint density at radius 3 is 2.50 bits per heavy atom. The number of halogens is 3. The number of ketones is 1. The van der Waals surface area contributed by atoms with Gasteiger partial charge in [0.1, 0.15) is 5.01 Å². The summed E-state index contributed by atoms with van der Waals surface area (Å²) in [5.74, 6) is -1.40. The molecule has 0 bridgehead atoms. The van der Waals surface area contributed by atoms with E-state index in [-0.39, 0.29) is 27.2 Å². The molecule has 0 aliphatic heterocycles. The van der Waals surface area contributed by atoms with Gasteiger partial charge in [0.15, 0.2) is 0 Å². The minimum Gasteiger partial charge on any atom is -0.318 e. The van der Waals surface area contributed by atoms with E-state index in [9.17, 15) is 9.59 Å². The number of benzene rings is 2. The zero-order valence-corrected chi connectivity index (χ0v) is 15.1. The maximum atomic E-state index is 12.1. The molecule has 3 aromatic rings. The number of para-hydroxylation sites is 1. The molecule has 4 nitrogen and oxygen atoms in total. The highest BCUT2D eigenvalue weighted by molar-refractivity contribution is 7.18. The molecule has 8 heteroatoms. The van der Waals surface area contributed by atoms with Gasteiger partial charge in [0.2, 0.25) is 5.78 Å². The van der Waals surface area contributed by atoms with Crippen molar-refractivity contribution in [3.8, 4) is 0 Å². The van der Waals surface area contributed by atoms with Gasteiger partial charge in [0.05, 0.1) is 37.4 Å². The Labute approximate surface area is 156 Å². The van der Waals surface area contributed by atoms with Gasteiger partial charge in [-0.1, -0.05) is 46.9 Å². The Bertz CT molecular complexity index is 923. The van der Waals surface area contributed by atoms with Crippen LogP contribution in [0.4, 0.5) is 5.69 Å². The SMILES string of the molecule is O=C(Cc1nc2ccccc2s1)C(=O)Nc1cc(Cl)c(Cl)cc1Cl. The first-order chi connectivity index (χ1) is 11.4. The molecule has 0 unspecified atom stereocenters. The first-order valence-corrected chi connectivity index (χ1v) is 8.72. The third-order valence-electron chi connectivity index (χ3n) is 3.16. The van der Waals surface area contributed by atoms with E-state index >= 15 is 0 Å². The van der Waals surface area contributed by atoms with Crippen molar-refractivity contribution in [3.63, 3.8) is 0 Å². The van der Waals surface area contributed by atoms with Crippen LogP contribution in [0, 0.1) is 0 Å². The van der Waals surface area contributed by atoms with Crippen LogP contribution in [-0.4, -0.2) is 16.7 Å². The van der Waals surface area contributed by atoms with Crippen molar-refractivity contribution in [3.05, 3.63) is 56.5 Å². The lowest BCUT2D eigenvalue weighted by molar-refractivity contribution is -0.134. The van der Waals surface area contributed by atoms with E-state index in [0.717, 1.165) is 10.2 Å². The second-order valence-electron chi connectivity index (χ2n) is 4.88. The van der Waals surface area contributed by atoms with Crippen LogP contribution in [0.3, 0.4) is 0 Å². The van der Waals surface area contributed by atoms with E-state index in [0.29, 0.717) is 5.01 Å². The molecule has 0 radical (unpaired) electrons. The summed E-state index contributed by atoms with van der Waals surface area (Å²) < 4.78 is 0.966. The molecule has 1 amide bonds. The summed E-state index contributed by atoms with van der Waals surface area (Å²) in [5, 5.41) is 3.72. The highest BCUT2D eigenvalue weighted by Gasteiger charge is 2.18. The third kappa shape index (κ3) is 3.70. The number of fused-ring (bicyclic) bond motifs is 1. The monoisotopic (exact) mass is 398 g/mol. The molecule has 2 aromatic carbocycles. The number of thiazole rings is 1. The molecule has 0 fully saturated rings. The van der Waals surface area contributed by atoms with Crippen molar-refractivity contribution >= 4 is 73.7 Å². The van der Waals surface area contributed by atoms with Gasteiger partial charge in [0.25, 0.3) is 5.91 Å². The molecule has 1 N–H and O–H groups in total. The molecule has 0 saturated carbocycles. The van der Waals surface area contributed by atoms with Gasteiger partial charge in [0, 0.05) is 0 Å². The second-order valence-corrected chi connectivity index (χ2v) is 7.21. The third-order valence-corrected chi connectivity index (χ3v) is 5.23. The normalized spacial score (nSPS) is 10.8. The molecule has 0 aliphatic rings. The Morgan fingerprint density at radius 1 is 1.04 bits per heavy atom. The largest absolute Gasteiger partial charge is 0.318 e. The highest BCUT2D eigenvalue weighted by atomic mass is 35.5. The number of hydrogen-bond donors (Lipinski definition) is 1. The number of anilines is 1. The smallest absolute Gasteiger partial charge is 0.292 e. The summed E-state index contributed by atoms with van der Waals surface area (Å²) >= 11 is 19.1. The number of rotatable bonds is 4. The van der Waals surface area contributed by atoms with Crippen molar-refractivity contribution < 1.29 is 9.59 Å². The molecule has 3 rings (SSSR count). The van der Waals surface area contributed by atoms with E-state index < -0.39 is 11.7 Å². The fourth-order valence-electron chi connectivity index (χ4n) is 2.02. The fraction of sp³-hybridized carbons (Fsp3) is 0.0625. The maximum Gasteiger partial charge on any atom is 0.292 e. The lowest BCUT2D eigenvalue weighted by Gasteiger charge is -2.07. The van der Waals surface area contributed by atoms with Crippen molar-refractivity contribution in [1.82, 2.24) is 4.98 Å². The predicted molar refractivity (Wildman–Crippen MR) is 98.4 cm³/mol. The van der Waals surface area contributed by atoms with Gasteiger partial charge in [-0.3, -0.25) is 9.59 Å². The van der Waals surface area contributed by atoms with Gasteiger partial charge < -0.3 is 5.32 Å². The zero-order valence-electron chi connectivity index (χ0n) is 12.0. The summed E-state index contributed by atoms with van der Waals surface area (Å²) in [6.45, 7) is 0. The molecule has 1 aromatic heterocycles. The van der Waals surface area contributed by atoms with Crippen molar-refractivity contribution in [2.75, 3.05) is 5.32 Å². The standard InChI is InChI=1S/C16H9Cl3N2O2S/c17-8-5-10(19)12(6-9(8)18)21-16(23)13(22)7-15-20-11-3-1-2-4-14(11)24-15/h1-6H,7H2,(H,21,23). The topological polar surface area (TPSA) is 59.1 Å². The number of nitrogens with one attached hydrogen (secondary N) is 1. The number of carbonyl (C=O) groups excluding carboxylic acids is 2. The molecular weight excluding hydrogens is 391 g/mol. The molecule has 24 heavy (non-hydrogen) atoms. The minimum atomic E-state index is -0.783. The van der Waals surface area contributed by atoms with Gasteiger partial charge in [-0.25, -0.2) is 4.98 Å². The first-order valence-electron chi connectivity index (χ1n) is 6.77. The van der Waals surface area contributed by atoms with Crippen LogP contribution in [0.5, 0.6) is 0 Å². The van der Waals surface area contributed by atoms with Gasteiger partial charge in [-0.15, -0.1) is 11.3 Å².